The summed E-state index contributed by atoms with van der Waals surface area (Å²) in [7, 11) is 1.67. The Hall–Kier alpha value is -2.79. The lowest BCUT2D eigenvalue weighted by atomic mass is 10.0. The number of fused-ring (bicyclic) bond motifs is 1. The molecule has 0 saturated carbocycles. The molecule has 0 saturated heterocycles. The van der Waals surface area contributed by atoms with Crippen LogP contribution in [-0.4, -0.2) is 28.2 Å². The lowest BCUT2D eigenvalue weighted by molar-refractivity contribution is 0.293. The van der Waals surface area contributed by atoms with Gasteiger partial charge in [-0.1, -0.05) is 36.4 Å². The Morgan fingerprint density at radius 1 is 1.04 bits per heavy atom. The number of rotatable bonds is 3. The summed E-state index contributed by atoms with van der Waals surface area (Å²) in [6.07, 6.45) is 2.14. The van der Waals surface area contributed by atoms with E-state index in [0.29, 0.717) is 0 Å². The van der Waals surface area contributed by atoms with E-state index in [1.807, 2.05) is 30.3 Å². The number of hydrogen-bond donors (Lipinski definition) is 1. The van der Waals surface area contributed by atoms with E-state index in [1.54, 1.807) is 7.11 Å². The first-order chi connectivity index (χ1) is 12.8. The van der Waals surface area contributed by atoms with Gasteiger partial charge < -0.3 is 19.5 Å². The molecular weight excluding hydrogens is 342 g/mol. The van der Waals surface area contributed by atoms with Crippen molar-refractivity contribution in [1.82, 2.24) is 9.47 Å². The van der Waals surface area contributed by atoms with Crippen molar-refractivity contribution >= 4 is 23.0 Å². The van der Waals surface area contributed by atoms with Gasteiger partial charge in [0.05, 0.1) is 13.2 Å². The third-order valence-corrected chi connectivity index (χ3v) is 5.07. The molecule has 0 amide bonds. The Labute approximate surface area is 159 Å². The third kappa shape index (κ3) is 3.18. The minimum absolute atomic E-state index is 0.102. The monoisotopic (exact) mass is 363 g/mol. The van der Waals surface area contributed by atoms with Crippen LogP contribution in [0.5, 0.6) is 5.75 Å². The molecular formula is C21H21N3OS. The summed E-state index contributed by atoms with van der Waals surface area (Å²) in [6.45, 7) is 1.78. The number of methoxy groups -OCH3 is 1. The van der Waals surface area contributed by atoms with E-state index >= 15 is 0 Å². The Morgan fingerprint density at radius 3 is 2.69 bits per heavy atom. The summed E-state index contributed by atoms with van der Waals surface area (Å²) in [4.78, 5) is 2.26. The highest BCUT2D eigenvalue weighted by atomic mass is 32.1. The summed E-state index contributed by atoms with van der Waals surface area (Å²) in [5.74, 6) is 0.810. The molecule has 1 aromatic heterocycles. The molecule has 0 fully saturated rings. The number of anilines is 1. The molecule has 0 spiro atoms. The van der Waals surface area contributed by atoms with Gasteiger partial charge in [-0.15, -0.1) is 0 Å². The summed E-state index contributed by atoms with van der Waals surface area (Å²) in [5.41, 5.74) is 3.43. The zero-order chi connectivity index (χ0) is 17.9. The van der Waals surface area contributed by atoms with Crippen LogP contribution in [-0.2, 0) is 6.54 Å². The van der Waals surface area contributed by atoms with Crippen LogP contribution < -0.4 is 10.1 Å². The smallest absolute Gasteiger partial charge is 0.174 e. The number of nitrogens with zero attached hydrogens (tertiary/aromatic N) is 2. The number of thiocarbonyl (C=S) groups is 1. The van der Waals surface area contributed by atoms with Gasteiger partial charge in [-0.2, -0.15) is 0 Å². The molecule has 2 aromatic carbocycles. The van der Waals surface area contributed by atoms with Gasteiger partial charge in [-0.3, -0.25) is 0 Å². The summed E-state index contributed by atoms with van der Waals surface area (Å²) >= 11 is 5.78. The lowest BCUT2D eigenvalue weighted by Gasteiger charge is -2.39. The molecule has 4 nitrogen and oxygen atoms in total. The van der Waals surface area contributed by atoms with Crippen molar-refractivity contribution in [2.24, 2.45) is 0 Å². The van der Waals surface area contributed by atoms with E-state index in [1.165, 1.54) is 11.3 Å². The fourth-order valence-electron chi connectivity index (χ4n) is 3.48. The van der Waals surface area contributed by atoms with Crippen molar-refractivity contribution in [2.75, 3.05) is 19.0 Å². The third-order valence-electron chi connectivity index (χ3n) is 4.74. The standard InChI is InChI=1S/C21H21N3OS/c1-25-18-10-5-9-17(15-18)22-21(26)24-14-13-23-12-6-11-19(23)20(24)16-7-3-2-4-8-16/h2-12,15,20H,13-14H2,1H3,(H,22,26). The first kappa shape index (κ1) is 16.7. The second-order valence-electron chi connectivity index (χ2n) is 6.30. The van der Waals surface area contributed by atoms with E-state index < -0.39 is 0 Å². The number of benzene rings is 2. The molecule has 1 atom stereocenters. The number of nitrogens with one attached hydrogen (secondary N) is 1. The summed E-state index contributed by atoms with van der Waals surface area (Å²) in [6, 6.07) is 22.7. The van der Waals surface area contributed by atoms with Crippen LogP contribution in [0.2, 0.25) is 0 Å². The summed E-state index contributed by atoms with van der Waals surface area (Å²) in [5, 5.41) is 4.10. The number of aromatic nitrogens is 1. The van der Waals surface area contributed by atoms with E-state index in [0.717, 1.165) is 29.6 Å². The SMILES string of the molecule is COc1cccc(NC(=S)N2CCn3cccc3C2c2ccccc2)c1. The topological polar surface area (TPSA) is 29.4 Å². The van der Waals surface area contributed by atoms with Crippen LogP contribution in [0.15, 0.2) is 72.9 Å². The first-order valence-corrected chi connectivity index (χ1v) is 9.09. The second kappa shape index (κ2) is 7.22. The van der Waals surface area contributed by atoms with Crippen LogP contribution >= 0.6 is 12.2 Å². The van der Waals surface area contributed by atoms with Gasteiger partial charge >= 0.3 is 0 Å². The highest BCUT2D eigenvalue weighted by Gasteiger charge is 2.30. The molecule has 5 heteroatoms. The molecule has 26 heavy (non-hydrogen) atoms. The molecule has 2 heterocycles. The maximum absolute atomic E-state index is 5.78. The average Bonchev–Trinajstić information content (AvgIpc) is 3.16. The quantitative estimate of drug-likeness (QED) is 0.703. The Bertz CT molecular complexity index is 906. The molecule has 0 bridgehead atoms. The van der Waals surface area contributed by atoms with Gasteiger partial charge in [-0.25, -0.2) is 0 Å². The highest BCUT2D eigenvalue weighted by molar-refractivity contribution is 7.80. The maximum Gasteiger partial charge on any atom is 0.174 e. The van der Waals surface area contributed by atoms with Gasteiger partial charge in [0.25, 0.3) is 0 Å². The van der Waals surface area contributed by atoms with Crippen molar-refractivity contribution in [2.45, 2.75) is 12.6 Å². The van der Waals surface area contributed by atoms with Crippen LogP contribution in [0, 0.1) is 0 Å². The largest absolute Gasteiger partial charge is 0.497 e. The van der Waals surface area contributed by atoms with Gasteiger partial charge in [0, 0.05) is 36.7 Å². The molecule has 0 radical (unpaired) electrons. The van der Waals surface area contributed by atoms with Gasteiger partial charge in [-0.05, 0) is 42.0 Å². The fraction of sp³-hybridized carbons (Fsp3) is 0.190. The van der Waals surface area contributed by atoms with Crippen LogP contribution in [0.4, 0.5) is 5.69 Å². The fourth-order valence-corrected chi connectivity index (χ4v) is 3.80. The zero-order valence-electron chi connectivity index (χ0n) is 14.6. The lowest BCUT2D eigenvalue weighted by Crippen LogP contribution is -2.44. The highest BCUT2D eigenvalue weighted by Crippen LogP contribution is 2.33. The molecule has 1 unspecified atom stereocenters. The van der Waals surface area contributed by atoms with Crippen LogP contribution in [0.25, 0.3) is 0 Å². The Balaban J connectivity index is 1.64. The number of ether oxygens (including phenoxy) is 1. The van der Waals surface area contributed by atoms with Crippen molar-refractivity contribution in [3.8, 4) is 5.75 Å². The minimum atomic E-state index is 0.102. The molecule has 1 aliphatic heterocycles. The first-order valence-electron chi connectivity index (χ1n) is 8.68. The maximum atomic E-state index is 5.78. The molecule has 1 aliphatic rings. The van der Waals surface area contributed by atoms with Crippen LogP contribution in [0.3, 0.4) is 0 Å². The predicted octanol–water partition coefficient (Wildman–Crippen LogP) is 4.30. The van der Waals surface area contributed by atoms with E-state index in [2.05, 4.69) is 57.4 Å². The second-order valence-corrected chi connectivity index (χ2v) is 6.68. The normalized spacial score (nSPS) is 16.0. The van der Waals surface area contributed by atoms with E-state index in [9.17, 15) is 0 Å². The Kier molecular flexibility index (Phi) is 4.63. The molecule has 132 valence electrons. The van der Waals surface area contributed by atoms with Gasteiger partial charge in [0.2, 0.25) is 0 Å². The van der Waals surface area contributed by atoms with E-state index in [-0.39, 0.29) is 6.04 Å². The van der Waals surface area contributed by atoms with Crippen molar-refractivity contribution in [1.29, 1.82) is 0 Å². The molecule has 3 aromatic rings. The average molecular weight is 363 g/mol. The molecule has 1 N–H and O–H groups in total. The molecule has 4 rings (SSSR count). The van der Waals surface area contributed by atoms with Crippen molar-refractivity contribution in [3.05, 3.63) is 84.2 Å². The van der Waals surface area contributed by atoms with Crippen LogP contribution in [0.1, 0.15) is 17.3 Å². The van der Waals surface area contributed by atoms with E-state index in [4.69, 9.17) is 17.0 Å². The zero-order valence-corrected chi connectivity index (χ0v) is 15.4. The minimum Gasteiger partial charge on any atom is -0.497 e. The molecule has 0 aliphatic carbocycles. The van der Waals surface area contributed by atoms with Crippen molar-refractivity contribution < 1.29 is 4.74 Å². The summed E-state index contributed by atoms with van der Waals surface area (Å²) < 4.78 is 7.62. The van der Waals surface area contributed by atoms with Gasteiger partial charge in [0.1, 0.15) is 5.75 Å². The number of hydrogen-bond acceptors (Lipinski definition) is 2. The predicted molar refractivity (Wildman–Crippen MR) is 109 cm³/mol. The van der Waals surface area contributed by atoms with Gasteiger partial charge in [0.15, 0.2) is 5.11 Å². The Morgan fingerprint density at radius 2 is 1.88 bits per heavy atom. The van der Waals surface area contributed by atoms with Crippen molar-refractivity contribution in [3.63, 3.8) is 0 Å².